The van der Waals surface area contributed by atoms with Crippen molar-refractivity contribution in [3.8, 4) is 5.75 Å². The Kier molecular flexibility index (Phi) is 4.99. The lowest BCUT2D eigenvalue weighted by molar-refractivity contribution is -0.183. The number of carboxylic acids is 1. The molecular formula is C15H19NO6. The molecule has 1 amide bonds. The van der Waals surface area contributed by atoms with Gasteiger partial charge >= 0.3 is 5.97 Å². The molecule has 1 aromatic carbocycles. The van der Waals surface area contributed by atoms with Crippen LogP contribution in [0.3, 0.4) is 0 Å². The minimum absolute atomic E-state index is 0.319. The summed E-state index contributed by atoms with van der Waals surface area (Å²) in [5.41, 5.74) is 0.881. The van der Waals surface area contributed by atoms with Crippen LogP contribution in [-0.2, 0) is 20.9 Å². The Balaban J connectivity index is 2.11. The van der Waals surface area contributed by atoms with E-state index < -0.39 is 24.1 Å². The molecule has 0 radical (unpaired) electrons. The van der Waals surface area contributed by atoms with Gasteiger partial charge in [-0.1, -0.05) is 12.1 Å². The number of ether oxygens (including phenoxy) is 2. The van der Waals surface area contributed by atoms with Crippen LogP contribution in [-0.4, -0.2) is 59.0 Å². The molecule has 1 aliphatic heterocycles. The summed E-state index contributed by atoms with van der Waals surface area (Å²) in [4.78, 5) is 24.7. The zero-order valence-electron chi connectivity index (χ0n) is 12.4. The summed E-state index contributed by atoms with van der Waals surface area (Å²) in [6.07, 6.45) is -3.59. The molecular weight excluding hydrogens is 290 g/mol. The van der Waals surface area contributed by atoms with Crippen LogP contribution in [0.1, 0.15) is 12.5 Å². The van der Waals surface area contributed by atoms with Crippen LogP contribution in [0.2, 0.25) is 0 Å². The average molecular weight is 309 g/mol. The maximum atomic E-state index is 12.3. The number of aliphatic hydroxyl groups is 1. The number of morpholine rings is 1. The molecule has 7 heteroatoms. The molecule has 2 rings (SSSR count). The SMILES string of the molecule is COc1ccc(CN2C[C@H](C)O[C@H](C(O)C(=O)O)C2=O)cc1. The lowest BCUT2D eigenvalue weighted by Gasteiger charge is -2.37. The highest BCUT2D eigenvalue weighted by atomic mass is 16.5. The van der Waals surface area contributed by atoms with Crippen molar-refractivity contribution in [2.75, 3.05) is 13.7 Å². The molecule has 1 aromatic rings. The van der Waals surface area contributed by atoms with E-state index >= 15 is 0 Å². The zero-order chi connectivity index (χ0) is 16.3. The third-order valence-corrected chi connectivity index (χ3v) is 3.48. The normalized spacial score (nSPS) is 23.2. The van der Waals surface area contributed by atoms with E-state index in [0.29, 0.717) is 18.8 Å². The maximum absolute atomic E-state index is 12.3. The van der Waals surface area contributed by atoms with E-state index in [1.807, 2.05) is 12.1 Å². The van der Waals surface area contributed by atoms with Gasteiger partial charge in [-0.2, -0.15) is 0 Å². The largest absolute Gasteiger partial charge is 0.497 e. The first kappa shape index (κ1) is 16.3. The van der Waals surface area contributed by atoms with Gasteiger partial charge in [0.25, 0.3) is 5.91 Å². The third-order valence-electron chi connectivity index (χ3n) is 3.48. The molecule has 7 nitrogen and oxygen atoms in total. The number of carbonyl (C=O) groups excluding carboxylic acids is 1. The Morgan fingerprint density at radius 1 is 1.45 bits per heavy atom. The molecule has 1 saturated heterocycles. The van der Waals surface area contributed by atoms with Gasteiger partial charge in [-0.05, 0) is 24.6 Å². The number of nitrogens with zero attached hydrogens (tertiary/aromatic N) is 1. The topological polar surface area (TPSA) is 96.3 Å². The van der Waals surface area contributed by atoms with Crippen molar-refractivity contribution in [2.24, 2.45) is 0 Å². The molecule has 1 aliphatic rings. The van der Waals surface area contributed by atoms with Crippen LogP contribution in [0.25, 0.3) is 0 Å². The number of aliphatic hydroxyl groups excluding tert-OH is 1. The van der Waals surface area contributed by atoms with Crippen LogP contribution in [0, 0.1) is 0 Å². The molecule has 120 valence electrons. The van der Waals surface area contributed by atoms with Crippen molar-refractivity contribution in [2.45, 2.75) is 31.8 Å². The van der Waals surface area contributed by atoms with Gasteiger partial charge in [-0.25, -0.2) is 4.79 Å². The second kappa shape index (κ2) is 6.76. The van der Waals surface area contributed by atoms with Gasteiger partial charge in [0.05, 0.1) is 13.2 Å². The quantitative estimate of drug-likeness (QED) is 0.810. The van der Waals surface area contributed by atoms with Gasteiger partial charge in [0.2, 0.25) is 0 Å². The van der Waals surface area contributed by atoms with Gasteiger partial charge in [0, 0.05) is 13.1 Å². The molecule has 0 aliphatic carbocycles. The van der Waals surface area contributed by atoms with Gasteiger partial charge < -0.3 is 24.6 Å². The second-order valence-corrected chi connectivity index (χ2v) is 5.22. The number of carboxylic acid groups (broad SMARTS) is 1. The lowest BCUT2D eigenvalue weighted by atomic mass is 10.1. The molecule has 22 heavy (non-hydrogen) atoms. The molecule has 2 N–H and O–H groups in total. The number of rotatable bonds is 5. The van der Waals surface area contributed by atoms with Crippen LogP contribution in [0.5, 0.6) is 5.75 Å². The summed E-state index contributed by atoms with van der Waals surface area (Å²) in [5, 5.41) is 18.5. The highest BCUT2D eigenvalue weighted by molar-refractivity contribution is 5.88. The van der Waals surface area contributed by atoms with Gasteiger partial charge in [0.1, 0.15) is 5.75 Å². The first-order chi connectivity index (χ1) is 10.4. The fraction of sp³-hybridized carbons (Fsp3) is 0.467. The van der Waals surface area contributed by atoms with Crippen molar-refractivity contribution >= 4 is 11.9 Å². The molecule has 1 fully saturated rings. The summed E-state index contributed by atoms with van der Waals surface area (Å²) >= 11 is 0. The fourth-order valence-corrected chi connectivity index (χ4v) is 2.36. The van der Waals surface area contributed by atoms with E-state index in [0.717, 1.165) is 5.56 Å². The van der Waals surface area contributed by atoms with Gasteiger partial charge in [-0.3, -0.25) is 4.79 Å². The van der Waals surface area contributed by atoms with E-state index in [1.165, 1.54) is 4.90 Å². The average Bonchev–Trinajstić information content (AvgIpc) is 2.50. The lowest BCUT2D eigenvalue weighted by Crippen LogP contribution is -2.56. The van der Waals surface area contributed by atoms with Crippen molar-refractivity contribution in [1.82, 2.24) is 4.90 Å². The number of carbonyl (C=O) groups is 2. The Morgan fingerprint density at radius 3 is 2.64 bits per heavy atom. The number of benzene rings is 1. The van der Waals surface area contributed by atoms with Crippen LogP contribution in [0.4, 0.5) is 0 Å². The number of hydrogen-bond donors (Lipinski definition) is 2. The van der Waals surface area contributed by atoms with Crippen LogP contribution in [0.15, 0.2) is 24.3 Å². The first-order valence-corrected chi connectivity index (χ1v) is 6.90. The summed E-state index contributed by atoms with van der Waals surface area (Å²) in [7, 11) is 1.57. The maximum Gasteiger partial charge on any atom is 0.335 e. The monoisotopic (exact) mass is 309 g/mol. The predicted octanol–water partition coefficient (Wildman–Crippen LogP) is 0.257. The van der Waals surface area contributed by atoms with E-state index in [-0.39, 0.29) is 6.10 Å². The van der Waals surface area contributed by atoms with E-state index in [1.54, 1.807) is 26.2 Å². The van der Waals surface area contributed by atoms with Crippen LogP contribution < -0.4 is 4.74 Å². The molecule has 0 bridgehead atoms. The van der Waals surface area contributed by atoms with Crippen molar-refractivity contribution in [1.29, 1.82) is 0 Å². The van der Waals surface area contributed by atoms with Crippen molar-refractivity contribution in [3.63, 3.8) is 0 Å². The number of amides is 1. The van der Waals surface area contributed by atoms with Crippen molar-refractivity contribution in [3.05, 3.63) is 29.8 Å². The minimum Gasteiger partial charge on any atom is -0.497 e. The number of methoxy groups -OCH3 is 1. The van der Waals surface area contributed by atoms with Crippen molar-refractivity contribution < 1.29 is 29.3 Å². The molecule has 0 spiro atoms. The minimum atomic E-state index is -1.87. The Hall–Kier alpha value is -2.12. The fourth-order valence-electron chi connectivity index (χ4n) is 2.36. The summed E-state index contributed by atoms with van der Waals surface area (Å²) < 4.78 is 10.4. The van der Waals surface area contributed by atoms with Crippen LogP contribution >= 0.6 is 0 Å². The summed E-state index contributed by atoms with van der Waals surface area (Å²) in [6.45, 7) is 2.39. The molecule has 0 aromatic heterocycles. The standard InChI is InChI=1S/C15H19NO6/c1-9-7-16(8-10-3-5-11(21-2)6-4-10)14(18)13(22-9)12(17)15(19)20/h3-6,9,12-13,17H,7-8H2,1-2H3,(H,19,20)/t9-,12?,13+/m0/s1. The van der Waals surface area contributed by atoms with Gasteiger partial charge in [-0.15, -0.1) is 0 Å². The number of hydrogen-bond acceptors (Lipinski definition) is 5. The zero-order valence-corrected chi connectivity index (χ0v) is 12.4. The van der Waals surface area contributed by atoms with E-state index in [2.05, 4.69) is 0 Å². The second-order valence-electron chi connectivity index (χ2n) is 5.22. The Bertz CT molecular complexity index is 543. The summed E-state index contributed by atoms with van der Waals surface area (Å²) in [6, 6.07) is 7.23. The third kappa shape index (κ3) is 3.55. The first-order valence-electron chi connectivity index (χ1n) is 6.90. The Labute approximate surface area is 128 Å². The number of aliphatic carboxylic acids is 1. The van der Waals surface area contributed by atoms with E-state index in [9.17, 15) is 14.7 Å². The van der Waals surface area contributed by atoms with E-state index in [4.69, 9.17) is 14.6 Å². The van der Waals surface area contributed by atoms with Gasteiger partial charge in [0.15, 0.2) is 12.2 Å². The summed E-state index contributed by atoms with van der Waals surface area (Å²) in [5.74, 6) is -1.29. The smallest absolute Gasteiger partial charge is 0.335 e. The molecule has 1 heterocycles. The molecule has 0 saturated carbocycles. The highest BCUT2D eigenvalue weighted by Crippen LogP contribution is 2.19. The highest BCUT2D eigenvalue weighted by Gasteiger charge is 2.41. The molecule has 1 unspecified atom stereocenters. The Morgan fingerprint density at radius 2 is 2.09 bits per heavy atom. The predicted molar refractivity (Wildman–Crippen MR) is 76.4 cm³/mol. The molecule has 3 atom stereocenters.